The Morgan fingerprint density at radius 3 is 2.73 bits per heavy atom. The maximum Gasteiger partial charge on any atom is 0.335 e. The summed E-state index contributed by atoms with van der Waals surface area (Å²) in [6, 6.07) is 6.84. The number of carbonyl (C=O) groups is 1. The Labute approximate surface area is 124 Å². The van der Waals surface area contributed by atoms with Crippen molar-refractivity contribution < 1.29 is 9.90 Å². The van der Waals surface area contributed by atoms with Crippen LogP contribution in [0.4, 0.5) is 5.95 Å². The van der Waals surface area contributed by atoms with E-state index in [-0.39, 0.29) is 17.1 Å². The van der Waals surface area contributed by atoms with Gasteiger partial charge in [0, 0.05) is 6.20 Å². The van der Waals surface area contributed by atoms with Crippen LogP contribution in [0.1, 0.15) is 21.5 Å². The SMILES string of the molecule is Nc1nc2[nH]cc(CCc3ccccc3C(=O)O)c2c(=O)[nH]1. The number of H-pyrrole nitrogens is 2. The number of carboxylic acid groups (broad SMARTS) is 1. The number of rotatable bonds is 4. The van der Waals surface area contributed by atoms with Crippen LogP contribution in [0.15, 0.2) is 35.3 Å². The Morgan fingerprint density at radius 2 is 1.95 bits per heavy atom. The number of carboxylic acids is 1. The summed E-state index contributed by atoms with van der Waals surface area (Å²) in [6.45, 7) is 0. The smallest absolute Gasteiger partial charge is 0.335 e. The molecule has 0 fully saturated rings. The molecule has 0 saturated carbocycles. The molecule has 0 aliphatic carbocycles. The van der Waals surface area contributed by atoms with E-state index in [9.17, 15) is 14.7 Å². The molecule has 0 bridgehead atoms. The third kappa shape index (κ3) is 2.44. The number of benzene rings is 1. The first kappa shape index (κ1) is 13.9. The highest BCUT2D eigenvalue weighted by Crippen LogP contribution is 2.17. The van der Waals surface area contributed by atoms with Crippen molar-refractivity contribution in [3.8, 4) is 0 Å². The van der Waals surface area contributed by atoms with Gasteiger partial charge in [0.2, 0.25) is 5.95 Å². The molecule has 1 aromatic carbocycles. The van der Waals surface area contributed by atoms with Crippen LogP contribution in [0.2, 0.25) is 0 Å². The van der Waals surface area contributed by atoms with Gasteiger partial charge in [0.15, 0.2) is 0 Å². The van der Waals surface area contributed by atoms with Gasteiger partial charge in [-0.2, -0.15) is 4.98 Å². The van der Waals surface area contributed by atoms with Gasteiger partial charge in [-0.15, -0.1) is 0 Å². The Bertz CT molecular complexity index is 911. The molecule has 22 heavy (non-hydrogen) atoms. The second kappa shape index (κ2) is 5.36. The summed E-state index contributed by atoms with van der Waals surface area (Å²) in [5, 5.41) is 9.64. The lowest BCUT2D eigenvalue weighted by Crippen LogP contribution is -2.12. The summed E-state index contributed by atoms with van der Waals surface area (Å²) in [7, 11) is 0. The first-order chi connectivity index (χ1) is 10.6. The summed E-state index contributed by atoms with van der Waals surface area (Å²) in [6.07, 6.45) is 2.74. The third-order valence-electron chi connectivity index (χ3n) is 3.55. The minimum Gasteiger partial charge on any atom is -0.478 e. The maximum absolute atomic E-state index is 12.0. The van der Waals surface area contributed by atoms with Crippen molar-refractivity contribution in [3.63, 3.8) is 0 Å². The molecule has 0 radical (unpaired) electrons. The van der Waals surface area contributed by atoms with Crippen LogP contribution in [-0.2, 0) is 12.8 Å². The lowest BCUT2D eigenvalue weighted by Gasteiger charge is -2.05. The average Bonchev–Trinajstić information content (AvgIpc) is 2.88. The Hall–Kier alpha value is -3.09. The van der Waals surface area contributed by atoms with Crippen molar-refractivity contribution in [3.05, 3.63) is 57.5 Å². The van der Waals surface area contributed by atoms with Gasteiger partial charge < -0.3 is 15.8 Å². The first-order valence-electron chi connectivity index (χ1n) is 6.73. The van der Waals surface area contributed by atoms with E-state index in [1.165, 1.54) is 0 Å². The molecule has 2 heterocycles. The summed E-state index contributed by atoms with van der Waals surface area (Å²) >= 11 is 0. The molecule has 0 amide bonds. The molecule has 3 aromatic rings. The van der Waals surface area contributed by atoms with Crippen molar-refractivity contribution in [2.45, 2.75) is 12.8 Å². The van der Waals surface area contributed by atoms with E-state index >= 15 is 0 Å². The fraction of sp³-hybridized carbons (Fsp3) is 0.133. The number of nitrogen functional groups attached to an aromatic ring is 1. The highest BCUT2D eigenvalue weighted by molar-refractivity contribution is 5.89. The number of aryl methyl sites for hydroxylation is 2. The highest BCUT2D eigenvalue weighted by atomic mass is 16.4. The molecule has 112 valence electrons. The molecular formula is C15H14N4O3. The monoisotopic (exact) mass is 298 g/mol. The summed E-state index contributed by atoms with van der Waals surface area (Å²) in [4.78, 5) is 32.6. The molecule has 0 unspecified atom stereocenters. The number of hydrogen-bond acceptors (Lipinski definition) is 4. The fourth-order valence-electron chi connectivity index (χ4n) is 2.53. The van der Waals surface area contributed by atoms with Gasteiger partial charge in [-0.3, -0.25) is 9.78 Å². The van der Waals surface area contributed by atoms with Crippen LogP contribution in [0.5, 0.6) is 0 Å². The summed E-state index contributed by atoms with van der Waals surface area (Å²) < 4.78 is 0. The molecule has 3 rings (SSSR count). The normalized spacial score (nSPS) is 10.9. The van der Waals surface area contributed by atoms with E-state index in [0.717, 1.165) is 11.1 Å². The van der Waals surface area contributed by atoms with Crippen LogP contribution in [-0.4, -0.2) is 26.0 Å². The van der Waals surface area contributed by atoms with Gasteiger partial charge >= 0.3 is 5.97 Å². The Morgan fingerprint density at radius 1 is 1.23 bits per heavy atom. The van der Waals surface area contributed by atoms with E-state index in [1.54, 1.807) is 30.5 Å². The molecule has 0 saturated heterocycles. The summed E-state index contributed by atoms with van der Waals surface area (Å²) in [5.41, 5.74) is 7.42. The molecule has 0 atom stereocenters. The molecule has 0 spiro atoms. The van der Waals surface area contributed by atoms with Gasteiger partial charge in [0.25, 0.3) is 5.56 Å². The second-order valence-electron chi connectivity index (χ2n) is 4.95. The fourth-order valence-corrected chi connectivity index (χ4v) is 2.53. The lowest BCUT2D eigenvalue weighted by molar-refractivity contribution is 0.0695. The van der Waals surface area contributed by atoms with Gasteiger partial charge in [0.1, 0.15) is 5.65 Å². The maximum atomic E-state index is 12.0. The number of aromatic amines is 2. The van der Waals surface area contributed by atoms with E-state index in [2.05, 4.69) is 15.0 Å². The van der Waals surface area contributed by atoms with E-state index in [0.29, 0.717) is 23.9 Å². The van der Waals surface area contributed by atoms with Gasteiger partial charge in [-0.1, -0.05) is 18.2 Å². The Kier molecular flexibility index (Phi) is 3.38. The van der Waals surface area contributed by atoms with Crippen LogP contribution >= 0.6 is 0 Å². The van der Waals surface area contributed by atoms with Crippen LogP contribution in [0, 0.1) is 0 Å². The topological polar surface area (TPSA) is 125 Å². The first-order valence-corrected chi connectivity index (χ1v) is 6.73. The summed E-state index contributed by atoms with van der Waals surface area (Å²) in [5.74, 6) is -0.899. The molecule has 5 N–H and O–H groups in total. The average molecular weight is 298 g/mol. The molecule has 2 aromatic heterocycles. The number of nitrogens with two attached hydrogens (primary N) is 1. The standard InChI is InChI=1S/C15H14N4O3/c16-15-18-12-11(13(20)19-15)9(7-17-12)6-5-8-3-1-2-4-10(8)14(21)22/h1-4,7H,5-6H2,(H,21,22)(H4,16,17,18,19,20). The number of nitrogens with one attached hydrogen (secondary N) is 2. The predicted molar refractivity (Wildman–Crippen MR) is 81.9 cm³/mol. The third-order valence-corrected chi connectivity index (χ3v) is 3.55. The van der Waals surface area contributed by atoms with Crippen LogP contribution in [0.3, 0.4) is 0 Å². The van der Waals surface area contributed by atoms with Crippen LogP contribution in [0.25, 0.3) is 11.0 Å². The quantitative estimate of drug-likeness (QED) is 0.578. The van der Waals surface area contributed by atoms with Crippen molar-refractivity contribution >= 4 is 23.0 Å². The van der Waals surface area contributed by atoms with E-state index in [1.807, 2.05) is 0 Å². The number of fused-ring (bicyclic) bond motifs is 1. The molecule has 7 heteroatoms. The van der Waals surface area contributed by atoms with Crippen molar-refractivity contribution in [1.82, 2.24) is 15.0 Å². The predicted octanol–water partition coefficient (Wildman–Crippen LogP) is 1.32. The zero-order chi connectivity index (χ0) is 15.7. The molecule has 7 nitrogen and oxygen atoms in total. The second-order valence-corrected chi connectivity index (χ2v) is 4.95. The van der Waals surface area contributed by atoms with E-state index < -0.39 is 5.97 Å². The van der Waals surface area contributed by atoms with Crippen molar-refractivity contribution in [1.29, 1.82) is 0 Å². The zero-order valence-electron chi connectivity index (χ0n) is 11.6. The Balaban J connectivity index is 1.92. The molecular weight excluding hydrogens is 284 g/mol. The number of aromatic nitrogens is 3. The minimum absolute atomic E-state index is 0.0575. The molecule has 0 aliphatic heterocycles. The molecule has 0 aliphatic rings. The zero-order valence-corrected chi connectivity index (χ0v) is 11.6. The number of hydrogen-bond donors (Lipinski definition) is 4. The number of anilines is 1. The van der Waals surface area contributed by atoms with Gasteiger partial charge in [-0.25, -0.2) is 4.79 Å². The number of aromatic carboxylic acids is 1. The van der Waals surface area contributed by atoms with Gasteiger partial charge in [-0.05, 0) is 30.0 Å². The largest absolute Gasteiger partial charge is 0.478 e. The van der Waals surface area contributed by atoms with E-state index in [4.69, 9.17) is 5.73 Å². The van der Waals surface area contributed by atoms with Gasteiger partial charge in [0.05, 0.1) is 10.9 Å². The minimum atomic E-state index is -0.957. The van der Waals surface area contributed by atoms with Crippen molar-refractivity contribution in [2.24, 2.45) is 0 Å². The van der Waals surface area contributed by atoms with Crippen LogP contribution < -0.4 is 11.3 Å². The van der Waals surface area contributed by atoms with Crippen molar-refractivity contribution in [2.75, 3.05) is 5.73 Å². The number of nitrogens with zero attached hydrogens (tertiary/aromatic N) is 1. The lowest BCUT2D eigenvalue weighted by atomic mass is 10.00. The highest BCUT2D eigenvalue weighted by Gasteiger charge is 2.13.